The maximum absolute atomic E-state index is 2.38. The maximum atomic E-state index is 2.38. The number of rotatable bonds is 4. The van der Waals surface area contributed by atoms with Gasteiger partial charge in [-0.15, -0.1) is 0 Å². The van der Waals surface area contributed by atoms with Crippen molar-refractivity contribution in [1.82, 2.24) is 0 Å². The molecule has 0 radical (unpaired) electrons. The molecule has 0 heteroatoms. The second-order valence-electron chi connectivity index (χ2n) is 4.07. The molecule has 0 rings (SSSR count). The predicted molar refractivity (Wildman–Crippen MR) is 52.7 cm³/mol. The van der Waals surface area contributed by atoms with E-state index < -0.39 is 0 Å². The molecule has 0 atom stereocenters. The molecule has 0 bridgehead atoms. The zero-order valence-electron chi connectivity index (χ0n) is 8.65. The van der Waals surface area contributed by atoms with E-state index in [0.717, 1.165) is 11.8 Å². The third kappa shape index (κ3) is 6.15. The quantitative estimate of drug-likeness (QED) is 0.536. The first-order valence-electron chi connectivity index (χ1n) is 4.70. The van der Waals surface area contributed by atoms with Crippen LogP contribution in [0.3, 0.4) is 0 Å². The van der Waals surface area contributed by atoms with E-state index in [1.54, 1.807) is 0 Å². The van der Waals surface area contributed by atoms with Gasteiger partial charge in [0.1, 0.15) is 0 Å². The molecule has 0 aromatic heterocycles. The van der Waals surface area contributed by atoms with Crippen LogP contribution in [-0.4, -0.2) is 0 Å². The Labute approximate surface area is 71.7 Å². The Morgan fingerprint density at radius 3 is 2.09 bits per heavy atom. The summed E-state index contributed by atoms with van der Waals surface area (Å²) in [5, 5.41) is 0. The Bertz CT molecular complexity index is 118. The number of allylic oxidation sites excluding steroid dienone is 2. The standard InChI is InChI=1S/C11H22/c1-9(2)7-6-8-11(5)10(3)4/h8-10H,6-7H2,1-5H3/b11-8+. The van der Waals surface area contributed by atoms with Gasteiger partial charge in [-0.2, -0.15) is 0 Å². The highest BCUT2D eigenvalue weighted by Gasteiger charge is 1.95. The lowest BCUT2D eigenvalue weighted by atomic mass is 10.0. The minimum absolute atomic E-state index is 0.724. The third-order valence-corrected chi connectivity index (χ3v) is 2.12. The van der Waals surface area contributed by atoms with Crippen LogP contribution in [-0.2, 0) is 0 Å². The molecule has 0 fully saturated rings. The lowest BCUT2D eigenvalue weighted by molar-refractivity contribution is 0.590. The van der Waals surface area contributed by atoms with Crippen molar-refractivity contribution < 1.29 is 0 Å². The minimum Gasteiger partial charge on any atom is -0.0853 e. The first-order valence-corrected chi connectivity index (χ1v) is 4.70. The molecular weight excluding hydrogens is 132 g/mol. The molecule has 0 saturated heterocycles. The average molecular weight is 154 g/mol. The average Bonchev–Trinajstić information content (AvgIpc) is 1.86. The van der Waals surface area contributed by atoms with Crippen LogP contribution >= 0.6 is 0 Å². The van der Waals surface area contributed by atoms with Gasteiger partial charge in [-0.05, 0) is 31.6 Å². The molecule has 0 aromatic carbocycles. The van der Waals surface area contributed by atoms with Crippen molar-refractivity contribution in [2.24, 2.45) is 11.8 Å². The fraction of sp³-hybridized carbons (Fsp3) is 0.818. The van der Waals surface area contributed by atoms with E-state index in [2.05, 4.69) is 40.7 Å². The molecule has 0 aliphatic carbocycles. The summed E-state index contributed by atoms with van der Waals surface area (Å²) >= 11 is 0. The molecular formula is C11H22. The van der Waals surface area contributed by atoms with Gasteiger partial charge in [-0.25, -0.2) is 0 Å². The van der Waals surface area contributed by atoms with E-state index in [1.165, 1.54) is 18.4 Å². The van der Waals surface area contributed by atoms with E-state index in [0.29, 0.717) is 0 Å². The fourth-order valence-corrected chi connectivity index (χ4v) is 0.880. The summed E-state index contributed by atoms with van der Waals surface area (Å²) < 4.78 is 0. The van der Waals surface area contributed by atoms with Crippen molar-refractivity contribution >= 4 is 0 Å². The van der Waals surface area contributed by atoms with E-state index in [-0.39, 0.29) is 0 Å². The zero-order valence-corrected chi connectivity index (χ0v) is 8.65. The SMILES string of the molecule is C/C(=C\CCC(C)C)C(C)C. The van der Waals surface area contributed by atoms with Crippen LogP contribution < -0.4 is 0 Å². The predicted octanol–water partition coefficient (Wildman–Crippen LogP) is 4.02. The molecule has 0 amide bonds. The van der Waals surface area contributed by atoms with Gasteiger partial charge in [0.15, 0.2) is 0 Å². The molecule has 0 saturated carbocycles. The summed E-state index contributed by atoms with van der Waals surface area (Å²) in [6.07, 6.45) is 4.95. The summed E-state index contributed by atoms with van der Waals surface area (Å²) in [5.74, 6) is 1.56. The van der Waals surface area contributed by atoms with Crippen molar-refractivity contribution in [2.45, 2.75) is 47.5 Å². The third-order valence-electron chi connectivity index (χ3n) is 2.12. The Hall–Kier alpha value is -0.260. The number of hydrogen-bond donors (Lipinski definition) is 0. The van der Waals surface area contributed by atoms with Gasteiger partial charge in [0, 0.05) is 0 Å². The van der Waals surface area contributed by atoms with E-state index >= 15 is 0 Å². The molecule has 11 heavy (non-hydrogen) atoms. The second-order valence-corrected chi connectivity index (χ2v) is 4.07. The van der Waals surface area contributed by atoms with Crippen molar-refractivity contribution in [2.75, 3.05) is 0 Å². The van der Waals surface area contributed by atoms with Crippen LogP contribution in [0.2, 0.25) is 0 Å². The van der Waals surface area contributed by atoms with Crippen molar-refractivity contribution in [3.05, 3.63) is 11.6 Å². The van der Waals surface area contributed by atoms with Crippen LogP contribution in [0.15, 0.2) is 11.6 Å². The van der Waals surface area contributed by atoms with Crippen molar-refractivity contribution in [3.63, 3.8) is 0 Å². The Morgan fingerprint density at radius 2 is 1.73 bits per heavy atom. The van der Waals surface area contributed by atoms with Gasteiger partial charge in [-0.1, -0.05) is 39.3 Å². The summed E-state index contributed by atoms with van der Waals surface area (Å²) in [7, 11) is 0. The molecule has 0 aromatic rings. The smallest absolute Gasteiger partial charge is 0.0263 e. The van der Waals surface area contributed by atoms with Gasteiger partial charge < -0.3 is 0 Å². The highest BCUT2D eigenvalue weighted by atomic mass is 14.0. The maximum Gasteiger partial charge on any atom is -0.0263 e. The van der Waals surface area contributed by atoms with Gasteiger partial charge in [-0.3, -0.25) is 0 Å². The summed E-state index contributed by atoms with van der Waals surface area (Å²) in [6.45, 7) is 11.3. The molecule has 66 valence electrons. The number of hydrogen-bond acceptors (Lipinski definition) is 0. The first-order chi connectivity index (χ1) is 5.04. The van der Waals surface area contributed by atoms with Gasteiger partial charge in [0.05, 0.1) is 0 Å². The molecule has 0 aliphatic rings. The summed E-state index contributed by atoms with van der Waals surface area (Å²) in [4.78, 5) is 0. The largest absolute Gasteiger partial charge is 0.0853 e. The first kappa shape index (κ1) is 10.7. The molecule has 0 N–H and O–H groups in total. The molecule has 0 spiro atoms. The van der Waals surface area contributed by atoms with E-state index in [1.807, 2.05) is 0 Å². The van der Waals surface area contributed by atoms with Gasteiger partial charge in [0.25, 0.3) is 0 Å². The highest BCUT2D eigenvalue weighted by molar-refractivity contribution is 5.00. The molecule has 0 unspecified atom stereocenters. The Balaban J connectivity index is 3.57. The van der Waals surface area contributed by atoms with Crippen molar-refractivity contribution in [1.29, 1.82) is 0 Å². The van der Waals surface area contributed by atoms with Crippen LogP contribution in [0, 0.1) is 11.8 Å². The van der Waals surface area contributed by atoms with Crippen molar-refractivity contribution in [3.8, 4) is 0 Å². The topological polar surface area (TPSA) is 0 Å². The highest BCUT2D eigenvalue weighted by Crippen LogP contribution is 2.11. The Morgan fingerprint density at radius 1 is 1.18 bits per heavy atom. The van der Waals surface area contributed by atoms with Crippen LogP contribution in [0.4, 0.5) is 0 Å². The van der Waals surface area contributed by atoms with E-state index in [9.17, 15) is 0 Å². The molecule has 0 aliphatic heterocycles. The van der Waals surface area contributed by atoms with Crippen LogP contribution in [0.1, 0.15) is 47.5 Å². The lowest BCUT2D eigenvalue weighted by Crippen LogP contribution is -1.90. The minimum atomic E-state index is 0.724. The van der Waals surface area contributed by atoms with Gasteiger partial charge in [0.2, 0.25) is 0 Å². The Kier molecular flexibility index (Phi) is 5.27. The zero-order chi connectivity index (χ0) is 8.85. The van der Waals surface area contributed by atoms with Gasteiger partial charge >= 0.3 is 0 Å². The van der Waals surface area contributed by atoms with Crippen LogP contribution in [0.25, 0.3) is 0 Å². The summed E-state index contributed by atoms with van der Waals surface area (Å²) in [5.41, 5.74) is 1.53. The molecule has 0 heterocycles. The second kappa shape index (κ2) is 5.40. The van der Waals surface area contributed by atoms with Crippen LogP contribution in [0.5, 0.6) is 0 Å². The monoisotopic (exact) mass is 154 g/mol. The molecule has 0 nitrogen and oxygen atoms in total. The lowest BCUT2D eigenvalue weighted by Gasteiger charge is -2.05. The summed E-state index contributed by atoms with van der Waals surface area (Å²) in [6, 6.07) is 0. The normalized spacial score (nSPS) is 13.2. The van der Waals surface area contributed by atoms with E-state index in [4.69, 9.17) is 0 Å². The fourth-order valence-electron chi connectivity index (χ4n) is 0.880.